The summed E-state index contributed by atoms with van der Waals surface area (Å²) >= 11 is 0. The van der Waals surface area contributed by atoms with Gasteiger partial charge in [-0.1, -0.05) is 30.3 Å². The van der Waals surface area contributed by atoms with Crippen LogP contribution in [0.25, 0.3) is 0 Å². The molecule has 0 radical (unpaired) electrons. The Morgan fingerprint density at radius 2 is 1.65 bits per heavy atom. The highest BCUT2D eigenvalue weighted by molar-refractivity contribution is 5.95. The number of carbonyl (C=O) groups excluding carboxylic acids is 2. The number of hydrogen-bond donors (Lipinski definition) is 1. The van der Waals surface area contributed by atoms with Crippen LogP contribution in [0, 0.1) is 5.82 Å². The third-order valence-electron chi connectivity index (χ3n) is 5.93. The molecule has 6 nitrogen and oxygen atoms in total. The highest BCUT2D eigenvalue weighted by Crippen LogP contribution is 2.34. The first-order chi connectivity index (χ1) is 16.1. The van der Waals surface area contributed by atoms with Crippen molar-refractivity contribution in [1.29, 1.82) is 0 Å². The Labute approximate surface area is 196 Å². The Kier molecular flexibility index (Phi) is 8.27. The molecule has 3 rings (SSSR count). The molecule has 2 aromatic carbocycles. The minimum Gasteiger partial charge on any atom is -0.335 e. The van der Waals surface area contributed by atoms with Gasteiger partial charge in [0, 0.05) is 45.3 Å². The first kappa shape index (κ1) is 25.6. The molecule has 0 spiro atoms. The molecule has 34 heavy (non-hydrogen) atoms. The summed E-state index contributed by atoms with van der Waals surface area (Å²) in [6.45, 7) is 4.36. The highest BCUT2D eigenvalue weighted by Gasteiger charge is 2.34. The minimum atomic E-state index is -4.60. The van der Waals surface area contributed by atoms with Gasteiger partial charge in [-0.05, 0) is 25.1 Å². The molecule has 1 fully saturated rings. The number of nitrogens with zero attached hydrogens (tertiary/aromatic N) is 3. The van der Waals surface area contributed by atoms with Crippen LogP contribution in [0.5, 0.6) is 0 Å². The van der Waals surface area contributed by atoms with Crippen LogP contribution >= 0.6 is 0 Å². The van der Waals surface area contributed by atoms with Gasteiger partial charge in [-0.3, -0.25) is 19.4 Å². The molecular formula is C24H28F4N4O2. The van der Waals surface area contributed by atoms with Crippen LogP contribution in [-0.4, -0.2) is 72.3 Å². The summed E-state index contributed by atoms with van der Waals surface area (Å²) in [6, 6.07) is 10.8. The van der Waals surface area contributed by atoms with Crippen molar-refractivity contribution in [3.8, 4) is 0 Å². The van der Waals surface area contributed by atoms with Crippen LogP contribution in [-0.2, 0) is 22.3 Å². The van der Waals surface area contributed by atoms with E-state index < -0.39 is 23.7 Å². The molecule has 1 aliphatic rings. The topological polar surface area (TPSA) is 55.9 Å². The van der Waals surface area contributed by atoms with E-state index >= 15 is 0 Å². The summed E-state index contributed by atoms with van der Waals surface area (Å²) < 4.78 is 53.3. The van der Waals surface area contributed by atoms with Crippen molar-refractivity contribution in [1.82, 2.24) is 14.7 Å². The van der Waals surface area contributed by atoms with Crippen molar-refractivity contribution >= 4 is 17.5 Å². The third kappa shape index (κ3) is 6.54. The number of halogens is 4. The van der Waals surface area contributed by atoms with Crippen molar-refractivity contribution < 1.29 is 27.2 Å². The van der Waals surface area contributed by atoms with Gasteiger partial charge >= 0.3 is 6.18 Å². The summed E-state index contributed by atoms with van der Waals surface area (Å²) in [4.78, 5) is 30.5. The SMILES string of the molecule is C[C@H](C(=O)N(C)CC(=O)Nc1ccccc1C(F)(F)F)N1CCN(Cc2ccccc2F)CC1. The average Bonchev–Trinajstić information content (AvgIpc) is 2.79. The maximum atomic E-state index is 13.9. The van der Waals surface area contributed by atoms with Gasteiger partial charge in [0.25, 0.3) is 0 Å². The van der Waals surface area contributed by atoms with Crippen molar-refractivity contribution in [3.63, 3.8) is 0 Å². The third-order valence-corrected chi connectivity index (χ3v) is 5.93. The quantitative estimate of drug-likeness (QED) is 0.617. The van der Waals surface area contributed by atoms with E-state index in [1.165, 1.54) is 36.2 Å². The Hall–Kier alpha value is -2.98. The van der Waals surface area contributed by atoms with Gasteiger partial charge in [0.2, 0.25) is 11.8 Å². The first-order valence-corrected chi connectivity index (χ1v) is 11.0. The van der Waals surface area contributed by atoms with E-state index in [1.54, 1.807) is 25.1 Å². The second-order valence-electron chi connectivity index (χ2n) is 8.37. The lowest BCUT2D eigenvalue weighted by atomic mass is 10.1. The molecule has 0 unspecified atom stereocenters. The Morgan fingerprint density at radius 3 is 2.29 bits per heavy atom. The van der Waals surface area contributed by atoms with E-state index in [9.17, 15) is 27.2 Å². The van der Waals surface area contributed by atoms with Crippen molar-refractivity contribution in [2.75, 3.05) is 45.1 Å². The number of alkyl halides is 3. The fraction of sp³-hybridized carbons (Fsp3) is 0.417. The molecule has 2 aromatic rings. The zero-order valence-corrected chi connectivity index (χ0v) is 19.1. The molecule has 1 heterocycles. The van der Waals surface area contributed by atoms with E-state index in [-0.39, 0.29) is 24.0 Å². The van der Waals surface area contributed by atoms with Gasteiger partial charge in [0.15, 0.2) is 0 Å². The lowest BCUT2D eigenvalue weighted by molar-refractivity contribution is -0.139. The number of rotatable bonds is 7. The standard InChI is InChI=1S/C24H28F4N4O2/c1-17(32-13-11-31(12-14-32)15-18-7-3-5-9-20(18)25)23(34)30(2)16-22(33)29-21-10-6-4-8-19(21)24(26,27)28/h3-10,17H,11-16H2,1-2H3,(H,29,33)/t17-/m1/s1. The molecule has 1 aliphatic heterocycles. The van der Waals surface area contributed by atoms with E-state index in [0.29, 0.717) is 38.3 Å². The molecule has 0 bridgehead atoms. The zero-order chi connectivity index (χ0) is 24.9. The molecule has 0 saturated carbocycles. The van der Waals surface area contributed by atoms with Gasteiger partial charge in [0.05, 0.1) is 23.8 Å². The van der Waals surface area contributed by atoms with Crippen LogP contribution in [0.2, 0.25) is 0 Å². The van der Waals surface area contributed by atoms with Crippen molar-refractivity contribution in [2.45, 2.75) is 25.7 Å². The molecule has 0 aromatic heterocycles. The second kappa shape index (κ2) is 11.0. The van der Waals surface area contributed by atoms with Crippen molar-refractivity contribution in [3.05, 3.63) is 65.5 Å². The summed E-state index contributed by atoms with van der Waals surface area (Å²) in [6.07, 6.45) is -4.60. The highest BCUT2D eigenvalue weighted by atomic mass is 19.4. The molecule has 10 heteroatoms. The number of para-hydroxylation sites is 1. The molecular weight excluding hydrogens is 452 g/mol. The molecule has 1 atom stereocenters. The van der Waals surface area contributed by atoms with Gasteiger partial charge in [-0.15, -0.1) is 0 Å². The Bertz CT molecular complexity index is 1010. The number of benzene rings is 2. The number of carbonyl (C=O) groups is 2. The monoisotopic (exact) mass is 480 g/mol. The Morgan fingerprint density at radius 1 is 1.03 bits per heavy atom. The fourth-order valence-electron chi connectivity index (χ4n) is 3.97. The number of amides is 2. The minimum absolute atomic E-state index is 0.244. The fourth-order valence-corrected chi connectivity index (χ4v) is 3.97. The van der Waals surface area contributed by atoms with Crippen LogP contribution in [0.4, 0.5) is 23.2 Å². The van der Waals surface area contributed by atoms with E-state index in [1.807, 2.05) is 4.90 Å². The van der Waals surface area contributed by atoms with Crippen molar-refractivity contribution in [2.24, 2.45) is 0 Å². The molecule has 1 saturated heterocycles. The smallest absolute Gasteiger partial charge is 0.335 e. The lowest BCUT2D eigenvalue weighted by Gasteiger charge is -2.38. The molecule has 2 amide bonds. The maximum absolute atomic E-state index is 13.9. The molecule has 184 valence electrons. The molecule has 1 N–H and O–H groups in total. The van der Waals surface area contributed by atoms with Crippen LogP contribution in [0.15, 0.2) is 48.5 Å². The predicted octanol–water partition coefficient (Wildman–Crippen LogP) is 3.45. The van der Waals surface area contributed by atoms with Gasteiger partial charge < -0.3 is 10.2 Å². The number of likely N-dealkylation sites (N-methyl/N-ethyl adjacent to an activating group) is 1. The molecule has 0 aliphatic carbocycles. The first-order valence-electron chi connectivity index (χ1n) is 11.0. The predicted molar refractivity (Wildman–Crippen MR) is 120 cm³/mol. The van der Waals surface area contributed by atoms with E-state index in [2.05, 4.69) is 10.2 Å². The second-order valence-corrected chi connectivity index (χ2v) is 8.37. The summed E-state index contributed by atoms with van der Waals surface area (Å²) in [5.74, 6) is -1.26. The number of piperazine rings is 1. The zero-order valence-electron chi connectivity index (χ0n) is 19.1. The van der Waals surface area contributed by atoms with Gasteiger partial charge in [-0.2, -0.15) is 13.2 Å². The van der Waals surface area contributed by atoms with E-state index in [4.69, 9.17) is 0 Å². The van der Waals surface area contributed by atoms with Crippen LogP contribution in [0.1, 0.15) is 18.1 Å². The van der Waals surface area contributed by atoms with Crippen LogP contribution < -0.4 is 5.32 Å². The Balaban J connectivity index is 1.50. The largest absolute Gasteiger partial charge is 0.418 e. The summed E-state index contributed by atoms with van der Waals surface area (Å²) in [7, 11) is 1.45. The van der Waals surface area contributed by atoms with Crippen LogP contribution in [0.3, 0.4) is 0 Å². The van der Waals surface area contributed by atoms with Gasteiger partial charge in [-0.25, -0.2) is 4.39 Å². The summed E-state index contributed by atoms with van der Waals surface area (Å²) in [5.41, 5.74) is -0.670. The van der Waals surface area contributed by atoms with Gasteiger partial charge in [0.1, 0.15) is 5.82 Å². The number of anilines is 1. The average molecular weight is 481 g/mol. The maximum Gasteiger partial charge on any atom is 0.418 e. The summed E-state index contributed by atoms with van der Waals surface area (Å²) in [5, 5.41) is 2.25. The van der Waals surface area contributed by atoms with E-state index in [0.717, 1.165) is 6.07 Å². The lowest BCUT2D eigenvalue weighted by Crippen LogP contribution is -2.54. The number of nitrogens with one attached hydrogen (secondary N) is 1. The number of hydrogen-bond acceptors (Lipinski definition) is 4. The normalized spacial score (nSPS) is 16.2.